The molecule has 2 fully saturated rings. The molecule has 0 atom stereocenters. The molecule has 0 unspecified atom stereocenters. The summed E-state index contributed by atoms with van der Waals surface area (Å²) < 4.78 is 2.19. The second-order valence-corrected chi connectivity index (χ2v) is 5.53. The Morgan fingerprint density at radius 3 is 2.71 bits per heavy atom. The zero-order chi connectivity index (χ0) is 11.7. The largest absolute Gasteiger partial charge is 0.325 e. The Morgan fingerprint density at radius 1 is 1.24 bits per heavy atom. The van der Waals surface area contributed by atoms with Crippen LogP contribution in [0.4, 0.5) is 0 Å². The van der Waals surface area contributed by atoms with Crippen molar-refractivity contribution in [2.75, 3.05) is 13.1 Å². The first-order chi connectivity index (χ1) is 8.31. The third kappa shape index (κ3) is 2.53. The normalized spacial score (nSPS) is 23.8. The standard InChI is InChI=1S/C13H22N4/c14-11-8-16(9-11)10-12-6-7-17(15-12)13-4-2-1-3-5-13/h6-7,11,13H,1-5,8-10,14H2. The molecule has 4 heteroatoms. The Kier molecular flexibility index (Phi) is 3.16. The molecular weight excluding hydrogens is 212 g/mol. The van der Waals surface area contributed by atoms with Crippen molar-refractivity contribution < 1.29 is 0 Å². The predicted octanol–water partition coefficient (Wildman–Crippen LogP) is 1.53. The van der Waals surface area contributed by atoms with Gasteiger partial charge in [0.05, 0.1) is 11.7 Å². The van der Waals surface area contributed by atoms with Gasteiger partial charge in [-0.25, -0.2) is 0 Å². The first-order valence-electron chi connectivity index (χ1n) is 6.83. The van der Waals surface area contributed by atoms with E-state index in [0.717, 1.165) is 19.6 Å². The van der Waals surface area contributed by atoms with Crippen molar-refractivity contribution in [2.24, 2.45) is 5.73 Å². The van der Waals surface area contributed by atoms with Gasteiger partial charge in [0.1, 0.15) is 0 Å². The molecule has 1 aromatic rings. The molecule has 1 saturated heterocycles. The van der Waals surface area contributed by atoms with Gasteiger partial charge in [-0.2, -0.15) is 5.10 Å². The zero-order valence-corrected chi connectivity index (χ0v) is 10.4. The number of nitrogens with two attached hydrogens (primary N) is 1. The fourth-order valence-electron chi connectivity index (χ4n) is 2.98. The van der Waals surface area contributed by atoms with Gasteiger partial charge in [0.15, 0.2) is 0 Å². The minimum atomic E-state index is 0.385. The van der Waals surface area contributed by atoms with Crippen LogP contribution in [0, 0.1) is 0 Å². The van der Waals surface area contributed by atoms with Crippen LogP contribution in [0.5, 0.6) is 0 Å². The highest BCUT2D eigenvalue weighted by Gasteiger charge is 2.23. The number of nitrogens with zero attached hydrogens (tertiary/aromatic N) is 3. The van der Waals surface area contributed by atoms with Gasteiger partial charge in [-0.1, -0.05) is 19.3 Å². The summed E-state index contributed by atoms with van der Waals surface area (Å²) in [4.78, 5) is 2.36. The number of hydrogen-bond donors (Lipinski definition) is 1. The van der Waals surface area contributed by atoms with Crippen LogP contribution in [0.25, 0.3) is 0 Å². The summed E-state index contributed by atoms with van der Waals surface area (Å²) >= 11 is 0. The van der Waals surface area contributed by atoms with E-state index in [1.807, 2.05) is 0 Å². The van der Waals surface area contributed by atoms with Crippen LogP contribution in [0.1, 0.15) is 43.8 Å². The van der Waals surface area contributed by atoms with Gasteiger partial charge >= 0.3 is 0 Å². The highest BCUT2D eigenvalue weighted by molar-refractivity contribution is 5.01. The summed E-state index contributed by atoms with van der Waals surface area (Å²) in [6.45, 7) is 3.01. The summed E-state index contributed by atoms with van der Waals surface area (Å²) in [6.07, 6.45) is 8.88. The fraction of sp³-hybridized carbons (Fsp3) is 0.769. The van der Waals surface area contributed by atoms with Gasteiger partial charge < -0.3 is 5.73 Å². The fourth-order valence-corrected chi connectivity index (χ4v) is 2.98. The molecular formula is C13H22N4. The predicted molar refractivity (Wildman–Crippen MR) is 67.6 cm³/mol. The lowest BCUT2D eigenvalue weighted by Gasteiger charge is -2.36. The van der Waals surface area contributed by atoms with Crippen LogP contribution in [-0.2, 0) is 6.54 Å². The minimum Gasteiger partial charge on any atom is -0.325 e. The maximum absolute atomic E-state index is 5.78. The Bertz CT molecular complexity index is 361. The van der Waals surface area contributed by atoms with Crippen molar-refractivity contribution in [3.8, 4) is 0 Å². The smallest absolute Gasteiger partial charge is 0.0764 e. The molecule has 0 aromatic carbocycles. The Balaban J connectivity index is 1.58. The maximum atomic E-state index is 5.78. The molecule has 1 aliphatic heterocycles. The number of hydrogen-bond acceptors (Lipinski definition) is 3. The van der Waals surface area contributed by atoms with Crippen molar-refractivity contribution in [1.82, 2.24) is 14.7 Å². The average molecular weight is 234 g/mol. The monoisotopic (exact) mass is 234 g/mol. The highest BCUT2D eigenvalue weighted by atomic mass is 15.3. The van der Waals surface area contributed by atoms with Crippen LogP contribution in [0.3, 0.4) is 0 Å². The number of rotatable bonds is 3. The molecule has 94 valence electrons. The second kappa shape index (κ2) is 4.78. The summed E-state index contributed by atoms with van der Waals surface area (Å²) in [7, 11) is 0. The average Bonchev–Trinajstić information content (AvgIpc) is 2.77. The van der Waals surface area contributed by atoms with E-state index < -0.39 is 0 Å². The van der Waals surface area contributed by atoms with Crippen LogP contribution < -0.4 is 5.73 Å². The molecule has 0 bridgehead atoms. The van der Waals surface area contributed by atoms with Crippen molar-refractivity contribution in [3.63, 3.8) is 0 Å². The molecule has 2 heterocycles. The van der Waals surface area contributed by atoms with E-state index in [1.54, 1.807) is 0 Å². The Morgan fingerprint density at radius 2 is 2.00 bits per heavy atom. The van der Waals surface area contributed by atoms with Crippen molar-refractivity contribution in [3.05, 3.63) is 18.0 Å². The SMILES string of the molecule is NC1CN(Cc2ccn(C3CCCCC3)n2)C1. The lowest BCUT2D eigenvalue weighted by Crippen LogP contribution is -2.54. The molecule has 2 aliphatic rings. The molecule has 4 nitrogen and oxygen atoms in total. The molecule has 1 saturated carbocycles. The third-order valence-electron chi connectivity index (χ3n) is 3.98. The molecule has 0 amide bonds. The van der Waals surface area contributed by atoms with E-state index in [4.69, 9.17) is 10.8 Å². The molecule has 1 aromatic heterocycles. The zero-order valence-electron chi connectivity index (χ0n) is 10.4. The van der Waals surface area contributed by atoms with Gasteiger partial charge in [-0.05, 0) is 18.9 Å². The van der Waals surface area contributed by atoms with E-state index in [0.29, 0.717) is 12.1 Å². The van der Waals surface area contributed by atoms with Crippen LogP contribution in [0.15, 0.2) is 12.3 Å². The maximum Gasteiger partial charge on any atom is 0.0764 e. The van der Waals surface area contributed by atoms with E-state index in [2.05, 4.69) is 21.8 Å². The van der Waals surface area contributed by atoms with Gasteiger partial charge in [-0.15, -0.1) is 0 Å². The van der Waals surface area contributed by atoms with Crippen LogP contribution >= 0.6 is 0 Å². The quantitative estimate of drug-likeness (QED) is 0.863. The van der Waals surface area contributed by atoms with Gasteiger partial charge in [0.2, 0.25) is 0 Å². The van der Waals surface area contributed by atoms with Crippen LogP contribution in [-0.4, -0.2) is 33.8 Å². The second-order valence-electron chi connectivity index (χ2n) is 5.53. The van der Waals surface area contributed by atoms with E-state index in [-0.39, 0.29) is 0 Å². The van der Waals surface area contributed by atoms with E-state index >= 15 is 0 Å². The molecule has 17 heavy (non-hydrogen) atoms. The lowest BCUT2D eigenvalue weighted by atomic mass is 9.96. The minimum absolute atomic E-state index is 0.385. The van der Waals surface area contributed by atoms with Crippen molar-refractivity contribution in [2.45, 2.75) is 50.7 Å². The summed E-state index contributed by atoms with van der Waals surface area (Å²) in [5.41, 5.74) is 6.97. The summed E-state index contributed by atoms with van der Waals surface area (Å²) in [5, 5.41) is 4.71. The first kappa shape index (κ1) is 11.2. The first-order valence-corrected chi connectivity index (χ1v) is 6.83. The molecule has 1 aliphatic carbocycles. The lowest BCUT2D eigenvalue weighted by molar-refractivity contribution is 0.140. The highest BCUT2D eigenvalue weighted by Crippen LogP contribution is 2.27. The Hall–Kier alpha value is -0.870. The third-order valence-corrected chi connectivity index (χ3v) is 3.98. The summed E-state index contributed by atoms with van der Waals surface area (Å²) in [5.74, 6) is 0. The van der Waals surface area contributed by atoms with E-state index in [9.17, 15) is 0 Å². The van der Waals surface area contributed by atoms with Crippen molar-refractivity contribution >= 4 is 0 Å². The van der Waals surface area contributed by atoms with Crippen LogP contribution in [0.2, 0.25) is 0 Å². The van der Waals surface area contributed by atoms with Crippen molar-refractivity contribution in [1.29, 1.82) is 0 Å². The van der Waals surface area contributed by atoms with Gasteiger partial charge in [0.25, 0.3) is 0 Å². The topological polar surface area (TPSA) is 47.1 Å². The molecule has 0 spiro atoms. The van der Waals surface area contributed by atoms with Gasteiger partial charge in [-0.3, -0.25) is 9.58 Å². The number of aromatic nitrogens is 2. The van der Waals surface area contributed by atoms with E-state index in [1.165, 1.54) is 37.8 Å². The molecule has 3 rings (SSSR count). The Labute approximate surface area is 103 Å². The molecule has 2 N–H and O–H groups in total. The summed E-state index contributed by atoms with van der Waals surface area (Å²) in [6, 6.07) is 3.20. The van der Waals surface area contributed by atoms with Gasteiger partial charge in [0, 0.05) is 31.9 Å². The molecule has 0 radical (unpaired) electrons. The number of likely N-dealkylation sites (tertiary alicyclic amines) is 1.